The van der Waals surface area contributed by atoms with E-state index >= 15 is 0 Å². The Labute approximate surface area is 232 Å². The number of hydrogen-bond donors (Lipinski definition) is 2. The number of fused-ring (bicyclic) bond motifs is 1. The Balaban J connectivity index is 1.47. The zero-order valence-electron chi connectivity index (χ0n) is 22.5. The number of benzene rings is 3. The lowest BCUT2D eigenvalue weighted by Crippen LogP contribution is -2.56. The Hall–Kier alpha value is -4.93. The summed E-state index contributed by atoms with van der Waals surface area (Å²) in [4.78, 5) is 44.4. The molecule has 0 saturated carbocycles. The molecule has 0 bridgehead atoms. The molecule has 2 heterocycles. The molecule has 0 fully saturated rings. The number of amides is 4. The highest BCUT2D eigenvalue weighted by Gasteiger charge is 2.42. The minimum atomic E-state index is -1.46. The number of nitrogens with one attached hydrogen (secondary N) is 2. The first-order valence-electron chi connectivity index (χ1n) is 13.0. The first kappa shape index (κ1) is 26.7. The van der Waals surface area contributed by atoms with Crippen molar-refractivity contribution in [2.45, 2.75) is 39.4 Å². The average Bonchev–Trinajstić information content (AvgIpc) is 3.46. The third-order valence-electron chi connectivity index (χ3n) is 6.57. The Morgan fingerprint density at radius 2 is 1.52 bits per heavy atom. The normalized spacial score (nSPS) is 17.1. The number of carbonyl (C=O) groups excluding carboxylic acids is 3. The van der Waals surface area contributed by atoms with Gasteiger partial charge in [0, 0.05) is 23.5 Å². The molecule has 204 valence electrons. The summed E-state index contributed by atoms with van der Waals surface area (Å²) in [5.41, 5.74) is 2.82. The van der Waals surface area contributed by atoms with Crippen LogP contribution in [-0.4, -0.2) is 30.4 Å². The SMILES string of the molecule is CC(C)(C)CCN1C(=O)C(NC(=O)Nc2cccc(C3N=NN=N3)c2)C(=O)N(c2ccccc2)c2ccccc21. The van der Waals surface area contributed by atoms with Crippen LogP contribution in [-0.2, 0) is 9.59 Å². The number of rotatable bonds is 6. The molecule has 1 unspecified atom stereocenters. The highest BCUT2D eigenvalue weighted by atomic mass is 16.2. The number of anilines is 4. The zero-order valence-corrected chi connectivity index (χ0v) is 22.5. The van der Waals surface area contributed by atoms with E-state index in [9.17, 15) is 14.4 Å². The highest BCUT2D eigenvalue weighted by molar-refractivity contribution is 6.24. The number of urea groups is 1. The molecule has 3 aromatic rings. The van der Waals surface area contributed by atoms with Crippen LogP contribution in [0, 0.1) is 5.41 Å². The quantitative estimate of drug-likeness (QED) is 0.365. The molecule has 2 N–H and O–H groups in total. The van der Waals surface area contributed by atoms with E-state index in [-0.39, 0.29) is 5.41 Å². The van der Waals surface area contributed by atoms with Crippen LogP contribution in [0.5, 0.6) is 0 Å². The maximum atomic E-state index is 14.1. The Morgan fingerprint density at radius 3 is 2.23 bits per heavy atom. The van der Waals surface area contributed by atoms with E-state index in [0.29, 0.717) is 41.3 Å². The molecule has 3 aromatic carbocycles. The summed E-state index contributed by atoms with van der Waals surface area (Å²) in [5.74, 6) is -1.06. The maximum absolute atomic E-state index is 14.1. The molecule has 2 aliphatic rings. The molecule has 0 saturated heterocycles. The summed E-state index contributed by atoms with van der Waals surface area (Å²) in [6.45, 7) is 6.65. The molecule has 0 radical (unpaired) electrons. The molecule has 11 nitrogen and oxygen atoms in total. The average molecular weight is 539 g/mol. The molecular formula is C29H30N8O3. The second-order valence-corrected chi connectivity index (χ2v) is 10.7. The molecule has 0 spiro atoms. The van der Waals surface area contributed by atoms with Crippen molar-refractivity contribution in [3.05, 3.63) is 84.4 Å². The van der Waals surface area contributed by atoms with Crippen molar-refractivity contribution in [3.8, 4) is 0 Å². The van der Waals surface area contributed by atoms with Crippen molar-refractivity contribution >= 4 is 40.6 Å². The summed E-state index contributed by atoms with van der Waals surface area (Å²) in [6.07, 6.45) is 0.109. The van der Waals surface area contributed by atoms with Crippen LogP contribution in [0.3, 0.4) is 0 Å². The van der Waals surface area contributed by atoms with Crippen molar-refractivity contribution in [1.29, 1.82) is 0 Å². The van der Waals surface area contributed by atoms with Crippen LogP contribution in [0.25, 0.3) is 0 Å². The van der Waals surface area contributed by atoms with Gasteiger partial charge in [-0.1, -0.05) is 63.2 Å². The third kappa shape index (κ3) is 5.73. The number of nitrogens with zero attached hydrogens (tertiary/aromatic N) is 6. The van der Waals surface area contributed by atoms with Crippen LogP contribution in [0.15, 0.2) is 99.5 Å². The van der Waals surface area contributed by atoms with E-state index in [2.05, 4.69) is 52.1 Å². The molecule has 11 heteroatoms. The van der Waals surface area contributed by atoms with Crippen molar-refractivity contribution in [1.82, 2.24) is 5.32 Å². The Morgan fingerprint density at radius 1 is 0.850 bits per heavy atom. The first-order chi connectivity index (χ1) is 19.2. The summed E-state index contributed by atoms with van der Waals surface area (Å²) < 4.78 is 0. The molecule has 2 aliphatic heterocycles. The standard InChI is InChI=1S/C29H30N8O3/c1-29(2,3)16-17-36-22-14-7-8-15-23(22)37(21-12-5-4-6-13-21)27(39)24(26(36)38)31-28(40)30-20-11-9-10-19(18-20)25-32-34-35-33-25/h4-15,18,24-25H,16-17H2,1-3H3,(H2,30,31,40). The lowest BCUT2D eigenvalue weighted by atomic mass is 9.92. The van der Waals surface area contributed by atoms with Crippen molar-refractivity contribution in [3.63, 3.8) is 0 Å². The third-order valence-corrected chi connectivity index (χ3v) is 6.57. The molecule has 1 atom stereocenters. The van der Waals surface area contributed by atoms with Gasteiger partial charge in [-0.05, 0) is 58.7 Å². The Kier molecular flexibility index (Phi) is 7.37. The van der Waals surface area contributed by atoms with E-state index in [4.69, 9.17) is 0 Å². The minimum Gasteiger partial charge on any atom is -0.318 e. The van der Waals surface area contributed by atoms with E-state index in [1.54, 1.807) is 41.3 Å². The molecule has 5 rings (SSSR count). The maximum Gasteiger partial charge on any atom is 0.320 e. The fraction of sp³-hybridized carbons (Fsp3) is 0.276. The second kappa shape index (κ2) is 11.0. The lowest BCUT2D eigenvalue weighted by molar-refractivity contribution is -0.128. The Bertz CT molecular complexity index is 1470. The van der Waals surface area contributed by atoms with Gasteiger partial charge in [0.1, 0.15) is 0 Å². The summed E-state index contributed by atoms with van der Waals surface area (Å²) in [7, 11) is 0. The van der Waals surface area contributed by atoms with Crippen LogP contribution >= 0.6 is 0 Å². The predicted molar refractivity (Wildman–Crippen MR) is 151 cm³/mol. The van der Waals surface area contributed by atoms with Gasteiger partial charge in [-0.15, -0.1) is 10.2 Å². The monoisotopic (exact) mass is 538 g/mol. The zero-order chi connectivity index (χ0) is 28.3. The predicted octanol–water partition coefficient (Wildman–Crippen LogP) is 6.16. The summed E-state index contributed by atoms with van der Waals surface area (Å²) in [6, 6.07) is 21.1. The van der Waals surface area contributed by atoms with Gasteiger partial charge >= 0.3 is 6.03 Å². The molecule has 0 aliphatic carbocycles. The molecule has 40 heavy (non-hydrogen) atoms. The smallest absolute Gasteiger partial charge is 0.318 e. The number of para-hydroxylation sites is 3. The molecule has 4 amide bonds. The van der Waals surface area contributed by atoms with Gasteiger partial charge in [0.2, 0.25) is 6.17 Å². The largest absolute Gasteiger partial charge is 0.320 e. The minimum absolute atomic E-state index is 0.0611. The van der Waals surface area contributed by atoms with Crippen molar-refractivity contribution in [2.24, 2.45) is 26.1 Å². The van der Waals surface area contributed by atoms with Crippen LogP contribution in [0.2, 0.25) is 0 Å². The van der Waals surface area contributed by atoms with Gasteiger partial charge in [0.15, 0.2) is 6.04 Å². The van der Waals surface area contributed by atoms with E-state index in [1.807, 2.05) is 42.5 Å². The van der Waals surface area contributed by atoms with Crippen LogP contribution in [0.1, 0.15) is 38.9 Å². The fourth-order valence-electron chi connectivity index (χ4n) is 4.53. The van der Waals surface area contributed by atoms with E-state index in [1.165, 1.54) is 4.90 Å². The van der Waals surface area contributed by atoms with Crippen molar-refractivity contribution in [2.75, 3.05) is 21.7 Å². The van der Waals surface area contributed by atoms with E-state index in [0.717, 1.165) is 0 Å². The topological polar surface area (TPSA) is 131 Å². The van der Waals surface area contributed by atoms with E-state index < -0.39 is 30.1 Å². The fourth-order valence-corrected chi connectivity index (χ4v) is 4.53. The van der Waals surface area contributed by atoms with Gasteiger partial charge in [-0.2, -0.15) is 0 Å². The highest BCUT2D eigenvalue weighted by Crippen LogP contribution is 2.38. The van der Waals surface area contributed by atoms with Crippen molar-refractivity contribution < 1.29 is 14.4 Å². The summed E-state index contributed by atoms with van der Waals surface area (Å²) >= 11 is 0. The molecular weight excluding hydrogens is 508 g/mol. The first-order valence-corrected chi connectivity index (χ1v) is 13.0. The lowest BCUT2D eigenvalue weighted by Gasteiger charge is -2.28. The summed E-state index contributed by atoms with van der Waals surface area (Å²) in [5, 5.41) is 20.2. The van der Waals surface area contributed by atoms with Crippen LogP contribution in [0.4, 0.5) is 27.5 Å². The number of carbonyl (C=O) groups is 3. The van der Waals surface area contributed by atoms with Gasteiger partial charge in [-0.3, -0.25) is 14.5 Å². The van der Waals surface area contributed by atoms with Gasteiger partial charge in [0.25, 0.3) is 11.8 Å². The van der Waals surface area contributed by atoms with Gasteiger partial charge in [0.05, 0.1) is 11.4 Å². The van der Waals surface area contributed by atoms with Crippen LogP contribution < -0.4 is 20.4 Å². The number of hydrogen-bond acceptors (Lipinski definition) is 7. The van der Waals surface area contributed by atoms with Gasteiger partial charge in [-0.25, -0.2) is 4.79 Å². The second-order valence-electron chi connectivity index (χ2n) is 10.7. The molecule has 0 aromatic heterocycles. The van der Waals surface area contributed by atoms with Gasteiger partial charge < -0.3 is 15.5 Å².